The topological polar surface area (TPSA) is 68.8 Å². The molecule has 0 aromatic heterocycles. The molecule has 6 nitrogen and oxygen atoms in total. The second-order valence-corrected chi connectivity index (χ2v) is 8.56. The fraction of sp³-hybridized carbons (Fsp3) is 0.231. The highest BCUT2D eigenvalue weighted by Gasteiger charge is 2.11. The van der Waals surface area contributed by atoms with E-state index in [2.05, 4.69) is 33.5 Å². The lowest BCUT2D eigenvalue weighted by atomic mass is 10.2. The predicted molar refractivity (Wildman–Crippen MR) is 142 cm³/mol. The normalized spacial score (nSPS) is 10.3. The van der Waals surface area contributed by atoms with Crippen LogP contribution in [0.5, 0.6) is 17.2 Å². The summed E-state index contributed by atoms with van der Waals surface area (Å²) in [4.78, 5) is 12.6. The van der Waals surface area contributed by atoms with Crippen LogP contribution in [0.1, 0.15) is 30.1 Å². The van der Waals surface area contributed by atoms with Gasteiger partial charge in [-0.05, 0) is 77.0 Å². The number of carbonyl (C=O) groups excluding carboxylic acids is 1. The molecule has 0 saturated carbocycles. The largest absolute Gasteiger partial charge is 0.492 e. The molecular weight excluding hydrogens is 516 g/mol. The average molecular weight is 543 g/mol. The first-order valence-electron chi connectivity index (χ1n) is 11.0. The number of halogens is 1. The van der Waals surface area contributed by atoms with Crippen LogP contribution in [0, 0.1) is 0 Å². The van der Waals surface area contributed by atoms with Crippen LogP contribution in [-0.2, 0) is 0 Å². The van der Waals surface area contributed by atoms with Gasteiger partial charge in [-0.3, -0.25) is 10.1 Å². The molecule has 0 aliphatic rings. The predicted octanol–water partition coefficient (Wildman–Crippen LogP) is 6.21. The Morgan fingerprint density at radius 2 is 1.62 bits per heavy atom. The molecule has 0 radical (unpaired) electrons. The van der Waals surface area contributed by atoms with E-state index in [1.807, 2.05) is 48.5 Å². The number of para-hydroxylation sites is 1. The van der Waals surface area contributed by atoms with Gasteiger partial charge in [0.1, 0.15) is 30.5 Å². The third-order valence-corrected chi connectivity index (χ3v) is 5.46. The fourth-order valence-corrected chi connectivity index (χ4v) is 3.63. The van der Waals surface area contributed by atoms with Gasteiger partial charge in [-0.15, -0.1) is 0 Å². The summed E-state index contributed by atoms with van der Waals surface area (Å²) in [7, 11) is 0. The number of rotatable bonds is 11. The van der Waals surface area contributed by atoms with E-state index in [0.29, 0.717) is 42.6 Å². The Hall–Kier alpha value is -3.10. The first-order valence-corrected chi connectivity index (χ1v) is 12.2. The highest BCUT2D eigenvalue weighted by atomic mass is 79.9. The lowest BCUT2D eigenvalue weighted by molar-refractivity contribution is 0.0977. The Labute approximate surface area is 213 Å². The molecule has 0 unspecified atom stereocenters. The fourth-order valence-electron chi connectivity index (χ4n) is 2.92. The van der Waals surface area contributed by atoms with Crippen LogP contribution < -0.4 is 24.8 Å². The molecule has 0 fully saturated rings. The van der Waals surface area contributed by atoms with Gasteiger partial charge in [0.25, 0.3) is 5.91 Å². The highest BCUT2D eigenvalue weighted by Crippen LogP contribution is 2.26. The van der Waals surface area contributed by atoms with Crippen molar-refractivity contribution in [2.45, 2.75) is 19.8 Å². The first kappa shape index (κ1) is 25.5. The summed E-state index contributed by atoms with van der Waals surface area (Å²) in [6.07, 6.45) is 2.03. The maximum absolute atomic E-state index is 12.6. The van der Waals surface area contributed by atoms with E-state index in [9.17, 15) is 4.79 Å². The van der Waals surface area contributed by atoms with Gasteiger partial charge in [-0.25, -0.2) is 0 Å². The van der Waals surface area contributed by atoms with Crippen molar-refractivity contribution in [3.05, 3.63) is 82.8 Å². The molecule has 178 valence electrons. The third kappa shape index (κ3) is 8.35. The first-order chi connectivity index (χ1) is 16.5. The van der Waals surface area contributed by atoms with Gasteiger partial charge in [0.2, 0.25) is 0 Å². The van der Waals surface area contributed by atoms with Crippen LogP contribution in [0.3, 0.4) is 0 Å². The van der Waals surface area contributed by atoms with Gasteiger partial charge >= 0.3 is 0 Å². The zero-order valence-corrected chi connectivity index (χ0v) is 21.3. The van der Waals surface area contributed by atoms with Crippen LogP contribution in [0.4, 0.5) is 5.69 Å². The molecule has 0 aliphatic heterocycles. The minimum Gasteiger partial charge on any atom is -0.492 e. The van der Waals surface area contributed by atoms with Crippen molar-refractivity contribution < 1.29 is 19.0 Å². The van der Waals surface area contributed by atoms with Crippen molar-refractivity contribution in [2.75, 3.05) is 25.1 Å². The molecule has 34 heavy (non-hydrogen) atoms. The summed E-state index contributed by atoms with van der Waals surface area (Å²) in [5.41, 5.74) is 1.17. The van der Waals surface area contributed by atoms with Crippen molar-refractivity contribution in [3.8, 4) is 17.2 Å². The standard InChI is InChI=1S/C26H27BrN2O4S/c1-2-3-14-33-24-13-12-19(17-23(24)27)25(30)29-26(34)28-20-8-7-11-22(18-20)32-16-15-31-21-9-5-4-6-10-21/h4-13,17-18H,2-3,14-16H2,1H3,(H2,28,29,30,34). The van der Waals surface area contributed by atoms with E-state index in [-0.39, 0.29) is 11.0 Å². The van der Waals surface area contributed by atoms with Crippen molar-refractivity contribution in [1.82, 2.24) is 5.32 Å². The summed E-state index contributed by atoms with van der Waals surface area (Å²) < 4.78 is 17.8. The number of hydrogen-bond donors (Lipinski definition) is 2. The van der Waals surface area contributed by atoms with Crippen LogP contribution in [0.25, 0.3) is 0 Å². The van der Waals surface area contributed by atoms with Crippen LogP contribution in [0.15, 0.2) is 77.3 Å². The second-order valence-electron chi connectivity index (χ2n) is 7.29. The SMILES string of the molecule is CCCCOc1ccc(C(=O)NC(=S)Nc2cccc(OCCOc3ccccc3)c2)cc1Br. The number of hydrogen-bond acceptors (Lipinski definition) is 5. The Bertz CT molecular complexity index is 1100. The summed E-state index contributed by atoms with van der Waals surface area (Å²) in [5, 5.41) is 5.89. The van der Waals surface area contributed by atoms with Crippen LogP contribution >= 0.6 is 28.1 Å². The second kappa shape index (κ2) is 13.6. The number of anilines is 1. The van der Waals surface area contributed by atoms with E-state index in [1.54, 1.807) is 24.3 Å². The number of unbranched alkanes of at least 4 members (excludes halogenated alkanes) is 1. The minimum absolute atomic E-state index is 0.189. The van der Waals surface area contributed by atoms with Gasteiger partial charge in [-0.1, -0.05) is 37.6 Å². The molecule has 3 rings (SSSR count). The van der Waals surface area contributed by atoms with E-state index >= 15 is 0 Å². The van der Waals surface area contributed by atoms with Crippen molar-refractivity contribution >= 4 is 44.9 Å². The van der Waals surface area contributed by atoms with Crippen LogP contribution in [0.2, 0.25) is 0 Å². The number of amides is 1. The molecule has 3 aromatic rings. The number of thiocarbonyl (C=S) groups is 1. The summed E-state index contributed by atoms with van der Waals surface area (Å²) in [5.74, 6) is 1.85. The third-order valence-electron chi connectivity index (χ3n) is 4.63. The number of carbonyl (C=O) groups is 1. The molecule has 0 aliphatic carbocycles. The Morgan fingerprint density at radius 1 is 0.882 bits per heavy atom. The lowest BCUT2D eigenvalue weighted by Gasteiger charge is -2.13. The minimum atomic E-state index is -0.316. The van der Waals surface area contributed by atoms with E-state index in [1.165, 1.54) is 0 Å². The smallest absolute Gasteiger partial charge is 0.257 e. The molecule has 0 heterocycles. The average Bonchev–Trinajstić information content (AvgIpc) is 2.84. The van der Waals surface area contributed by atoms with Gasteiger partial charge in [0.05, 0.1) is 11.1 Å². The maximum Gasteiger partial charge on any atom is 0.257 e. The number of ether oxygens (including phenoxy) is 3. The summed E-state index contributed by atoms with van der Waals surface area (Å²) >= 11 is 8.76. The molecule has 0 spiro atoms. The van der Waals surface area contributed by atoms with E-state index in [0.717, 1.165) is 23.1 Å². The molecule has 2 N–H and O–H groups in total. The Morgan fingerprint density at radius 3 is 2.35 bits per heavy atom. The van der Waals surface area contributed by atoms with E-state index in [4.69, 9.17) is 26.4 Å². The van der Waals surface area contributed by atoms with Gasteiger partial charge in [-0.2, -0.15) is 0 Å². The molecule has 3 aromatic carbocycles. The molecular formula is C26H27BrN2O4S. The number of benzene rings is 3. The quantitative estimate of drug-likeness (QED) is 0.221. The Balaban J connectivity index is 1.46. The Kier molecular flexibility index (Phi) is 10.2. The van der Waals surface area contributed by atoms with Crippen molar-refractivity contribution in [1.29, 1.82) is 0 Å². The van der Waals surface area contributed by atoms with Crippen molar-refractivity contribution in [3.63, 3.8) is 0 Å². The summed E-state index contributed by atoms with van der Waals surface area (Å²) in [6.45, 7) is 3.56. The monoisotopic (exact) mass is 542 g/mol. The highest BCUT2D eigenvalue weighted by molar-refractivity contribution is 9.10. The van der Waals surface area contributed by atoms with Gasteiger partial charge < -0.3 is 19.5 Å². The molecule has 0 atom stereocenters. The molecule has 8 heteroatoms. The van der Waals surface area contributed by atoms with Crippen LogP contribution in [-0.4, -0.2) is 30.8 Å². The van der Waals surface area contributed by atoms with Crippen molar-refractivity contribution in [2.24, 2.45) is 0 Å². The maximum atomic E-state index is 12.6. The summed E-state index contributed by atoms with van der Waals surface area (Å²) in [6, 6.07) is 22.1. The molecule has 1 amide bonds. The zero-order valence-electron chi connectivity index (χ0n) is 18.9. The number of nitrogens with one attached hydrogen (secondary N) is 2. The zero-order chi connectivity index (χ0) is 24.2. The van der Waals surface area contributed by atoms with Gasteiger partial charge in [0.15, 0.2) is 5.11 Å². The molecule has 0 bridgehead atoms. The van der Waals surface area contributed by atoms with Gasteiger partial charge in [0, 0.05) is 17.3 Å². The molecule has 0 saturated heterocycles. The lowest BCUT2D eigenvalue weighted by Crippen LogP contribution is -2.34. The van der Waals surface area contributed by atoms with E-state index < -0.39 is 0 Å².